The summed E-state index contributed by atoms with van der Waals surface area (Å²) in [4.78, 5) is 11.3. The molecule has 0 radical (unpaired) electrons. The number of ether oxygens (including phenoxy) is 1. The standard InChI is InChI=1S/C15H15NO2/c1-10-9-13(7-8-14(10)16)11-3-5-12(6-4-11)15(17)18-2/h3-9H,16H2,1-2H3. The smallest absolute Gasteiger partial charge is 0.337 e. The lowest BCUT2D eigenvalue weighted by molar-refractivity contribution is 0.0601. The first kappa shape index (κ1) is 12.2. The number of hydrogen-bond acceptors (Lipinski definition) is 3. The highest BCUT2D eigenvalue weighted by Gasteiger charge is 2.05. The lowest BCUT2D eigenvalue weighted by Gasteiger charge is -2.06. The van der Waals surface area contributed by atoms with Gasteiger partial charge >= 0.3 is 5.97 Å². The van der Waals surface area contributed by atoms with Gasteiger partial charge < -0.3 is 10.5 Å². The van der Waals surface area contributed by atoms with E-state index < -0.39 is 0 Å². The van der Waals surface area contributed by atoms with Gasteiger partial charge in [0, 0.05) is 5.69 Å². The average Bonchev–Trinajstić information content (AvgIpc) is 2.41. The normalized spacial score (nSPS) is 10.1. The van der Waals surface area contributed by atoms with E-state index in [1.807, 2.05) is 37.3 Å². The molecule has 0 unspecified atom stereocenters. The van der Waals surface area contributed by atoms with Gasteiger partial charge in [0.05, 0.1) is 12.7 Å². The van der Waals surface area contributed by atoms with Crippen LogP contribution in [0.1, 0.15) is 15.9 Å². The van der Waals surface area contributed by atoms with Crippen LogP contribution in [0, 0.1) is 6.92 Å². The van der Waals surface area contributed by atoms with Gasteiger partial charge in [-0.3, -0.25) is 0 Å². The zero-order valence-electron chi connectivity index (χ0n) is 10.4. The number of methoxy groups -OCH3 is 1. The number of carbonyl (C=O) groups excluding carboxylic acids is 1. The number of hydrogen-bond donors (Lipinski definition) is 1. The Hall–Kier alpha value is -2.29. The number of rotatable bonds is 2. The molecule has 0 bridgehead atoms. The van der Waals surface area contributed by atoms with E-state index >= 15 is 0 Å². The fourth-order valence-corrected chi connectivity index (χ4v) is 1.77. The van der Waals surface area contributed by atoms with Gasteiger partial charge in [-0.2, -0.15) is 0 Å². The van der Waals surface area contributed by atoms with Gasteiger partial charge in [-0.15, -0.1) is 0 Å². The van der Waals surface area contributed by atoms with Crippen LogP contribution in [0.3, 0.4) is 0 Å². The number of esters is 1. The molecule has 0 amide bonds. The maximum absolute atomic E-state index is 11.3. The predicted octanol–water partition coefficient (Wildman–Crippen LogP) is 3.03. The molecule has 18 heavy (non-hydrogen) atoms. The maximum atomic E-state index is 11.3. The second kappa shape index (κ2) is 4.92. The van der Waals surface area contributed by atoms with Crippen molar-refractivity contribution in [3.05, 3.63) is 53.6 Å². The van der Waals surface area contributed by atoms with Crippen molar-refractivity contribution >= 4 is 11.7 Å². The SMILES string of the molecule is COC(=O)c1ccc(-c2ccc(N)c(C)c2)cc1. The summed E-state index contributed by atoms with van der Waals surface area (Å²) in [7, 11) is 1.37. The van der Waals surface area contributed by atoms with Gasteiger partial charge in [0.1, 0.15) is 0 Å². The third kappa shape index (κ3) is 2.35. The molecule has 0 atom stereocenters. The minimum Gasteiger partial charge on any atom is -0.465 e. The van der Waals surface area contributed by atoms with Crippen molar-refractivity contribution in [2.45, 2.75) is 6.92 Å². The summed E-state index contributed by atoms with van der Waals surface area (Å²) in [5.41, 5.74) is 10.3. The van der Waals surface area contributed by atoms with Gasteiger partial charge in [-0.25, -0.2) is 4.79 Å². The molecule has 0 saturated heterocycles. The number of nitrogens with two attached hydrogens (primary N) is 1. The Bertz CT molecular complexity index is 574. The molecule has 2 rings (SSSR count). The molecule has 2 aromatic rings. The van der Waals surface area contributed by atoms with Crippen molar-refractivity contribution in [1.29, 1.82) is 0 Å². The third-order valence-corrected chi connectivity index (χ3v) is 2.91. The molecule has 0 spiro atoms. The Labute approximate surface area is 106 Å². The van der Waals surface area contributed by atoms with E-state index in [9.17, 15) is 4.79 Å². The summed E-state index contributed by atoms with van der Waals surface area (Å²) in [5.74, 6) is -0.324. The molecular formula is C15H15NO2. The van der Waals surface area contributed by atoms with E-state index in [1.165, 1.54) is 7.11 Å². The summed E-state index contributed by atoms with van der Waals surface area (Å²) in [6.07, 6.45) is 0. The number of aryl methyl sites for hydroxylation is 1. The molecule has 3 nitrogen and oxygen atoms in total. The van der Waals surface area contributed by atoms with E-state index in [0.717, 1.165) is 22.4 Å². The molecule has 2 N–H and O–H groups in total. The summed E-state index contributed by atoms with van der Waals surface area (Å²) in [6.45, 7) is 1.97. The molecule has 0 heterocycles. The third-order valence-electron chi connectivity index (χ3n) is 2.91. The molecule has 0 fully saturated rings. The van der Waals surface area contributed by atoms with E-state index in [2.05, 4.69) is 4.74 Å². The Kier molecular flexibility index (Phi) is 3.33. The second-order valence-electron chi connectivity index (χ2n) is 4.14. The highest BCUT2D eigenvalue weighted by Crippen LogP contribution is 2.23. The number of carbonyl (C=O) groups is 1. The first-order chi connectivity index (χ1) is 8.61. The van der Waals surface area contributed by atoms with E-state index in [1.54, 1.807) is 12.1 Å². The van der Waals surface area contributed by atoms with Gasteiger partial charge in [-0.1, -0.05) is 18.2 Å². The van der Waals surface area contributed by atoms with Crippen LogP contribution in [-0.2, 0) is 4.74 Å². The van der Waals surface area contributed by atoms with Crippen LogP contribution in [-0.4, -0.2) is 13.1 Å². The minimum atomic E-state index is -0.324. The number of nitrogen functional groups attached to an aromatic ring is 1. The first-order valence-electron chi connectivity index (χ1n) is 5.66. The molecule has 2 aromatic carbocycles. The summed E-state index contributed by atoms with van der Waals surface area (Å²) in [6, 6.07) is 13.2. The van der Waals surface area contributed by atoms with Crippen LogP contribution >= 0.6 is 0 Å². The van der Waals surface area contributed by atoms with E-state index in [-0.39, 0.29) is 5.97 Å². The molecule has 92 valence electrons. The molecule has 0 saturated carbocycles. The zero-order chi connectivity index (χ0) is 13.1. The predicted molar refractivity (Wildman–Crippen MR) is 72.4 cm³/mol. The van der Waals surface area contributed by atoms with Gasteiger partial charge in [-0.05, 0) is 47.9 Å². The summed E-state index contributed by atoms with van der Waals surface area (Å²) < 4.78 is 4.66. The maximum Gasteiger partial charge on any atom is 0.337 e. The zero-order valence-corrected chi connectivity index (χ0v) is 10.4. The van der Waals surface area contributed by atoms with Crippen molar-refractivity contribution in [3.63, 3.8) is 0 Å². The Morgan fingerprint density at radius 3 is 2.22 bits per heavy atom. The van der Waals surface area contributed by atoms with Crippen molar-refractivity contribution in [2.24, 2.45) is 0 Å². The number of benzene rings is 2. The number of anilines is 1. The molecule has 0 aliphatic rings. The first-order valence-corrected chi connectivity index (χ1v) is 5.66. The van der Waals surface area contributed by atoms with Crippen LogP contribution in [0.25, 0.3) is 11.1 Å². The monoisotopic (exact) mass is 241 g/mol. The van der Waals surface area contributed by atoms with Gasteiger partial charge in [0.2, 0.25) is 0 Å². The topological polar surface area (TPSA) is 52.3 Å². The lowest BCUT2D eigenvalue weighted by Crippen LogP contribution is -2.00. The van der Waals surface area contributed by atoms with Crippen LogP contribution in [0.15, 0.2) is 42.5 Å². The van der Waals surface area contributed by atoms with Gasteiger partial charge in [0.25, 0.3) is 0 Å². The summed E-state index contributed by atoms with van der Waals surface area (Å²) >= 11 is 0. The molecule has 0 aromatic heterocycles. The van der Waals surface area contributed by atoms with Gasteiger partial charge in [0.15, 0.2) is 0 Å². The van der Waals surface area contributed by atoms with E-state index in [0.29, 0.717) is 5.56 Å². The average molecular weight is 241 g/mol. The fraction of sp³-hybridized carbons (Fsp3) is 0.133. The molecule has 0 aliphatic heterocycles. The quantitative estimate of drug-likeness (QED) is 0.649. The molecule has 3 heteroatoms. The summed E-state index contributed by atoms with van der Waals surface area (Å²) in [5, 5.41) is 0. The van der Waals surface area contributed by atoms with Crippen LogP contribution < -0.4 is 5.73 Å². The Morgan fingerprint density at radius 2 is 1.67 bits per heavy atom. The lowest BCUT2D eigenvalue weighted by atomic mass is 10.0. The van der Waals surface area contributed by atoms with Crippen LogP contribution in [0.2, 0.25) is 0 Å². The van der Waals surface area contributed by atoms with Crippen molar-refractivity contribution in [3.8, 4) is 11.1 Å². The molecule has 0 aliphatic carbocycles. The Balaban J connectivity index is 2.34. The van der Waals surface area contributed by atoms with Crippen molar-refractivity contribution < 1.29 is 9.53 Å². The van der Waals surface area contributed by atoms with Crippen LogP contribution in [0.4, 0.5) is 5.69 Å². The minimum absolute atomic E-state index is 0.324. The van der Waals surface area contributed by atoms with E-state index in [4.69, 9.17) is 5.73 Å². The highest BCUT2D eigenvalue weighted by atomic mass is 16.5. The van der Waals surface area contributed by atoms with Crippen molar-refractivity contribution in [2.75, 3.05) is 12.8 Å². The largest absolute Gasteiger partial charge is 0.465 e. The second-order valence-corrected chi connectivity index (χ2v) is 4.14. The highest BCUT2D eigenvalue weighted by molar-refractivity contribution is 5.90. The van der Waals surface area contributed by atoms with Crippen LogP contribution in [0.5, 0.6) is 0 Å². The molecular weight excluding hydrogens is 226 g/mol. The Morgan fingerprint density at radius 1 is 1.06 bits per heavy atom. The van der Waals surface area contributed by atoms with Crippen molar-refractivity contribution in [1.82, 2.24) is 0 Å². The fourth-order valence-electron chi connectivity index (χ4n) is 1.77.